The highest BCUT2D eigenvalue weighted by molar-refractivity contribution is 6.13. The van der Waals surface area contributed by atoms with Crippen molar-refractivity contribution in [3.8, 4) is 11.4 Å². The van der Waals surface area contributed by atoms with Crippen LogP contribution in [0.25, 0.3) is 33.2 Å². The SMILES string of the molecule is Cc1ccnc(-c2cc(C(=O)Nc3ccnc4c3ccc3c(C)ccnc34)ccn2)c1. The van der Waals surface area contributed by atoms with Gasteiger partial charge in [0.2, 0.25) is 0 Å². The molecule has 0 aliphatic carbocycles. The van der Waals surface area contributed by atoms with Gasteiger partial charge in [-0.05, 0) is 67.4 Å². The normalized spacial score (nSPS) is 11.0. The van der Waals surface area contributed by atoms with E-state index < -0.39 is 0 Å². The maximum atomic E-state index is 13.0. The molecule has 0 atom stereocenters. The number of pyridine rings is 4. The molecule has 0 aliphatic heterocycles. The first-order chi connectivity index (χ1) is 15.1. The van der Waals surface area contributed by atoms with Crippen molar-refractivity contribution in [1.82, 2.24) is 19.9 Å². The highest BCUT2D eigenvalue weighted by Crippen LogP contribution is 2.29. The molecule has 1 amide bonds. The first-order valence-electron chi connectivity index (χ1n) is 9.93. The second kappa shape index (κ2) is 7.57. The molecule has 0 saturated carbocycles. The molecule has 6 heteroatoms. The quantitative estimate of drug-likeness (QED) is 0.422. The Kier molecular flexibility index (Phi) is 4.59. The molecule has 0 spiro atoms. The van der Waals surface area contributed by atoms with E-state index in [0.717, 1.165) is 38.6 Å². The Hall–Kier alpha value is -4.19. The number of amides is 1. The Morgan fingerprint density at radius 2 is 1.35 bits per heavy atom. The third kappa shape index (κ3) is 3.48. The topological polar surface area (TPSA) is 80.7 Å². The number of hydrogen-bond acceptors (Lipinski definition) is 5. The number of benzene rings is 1. The van der Waals surface area contributed by atoms with Crippen molar-refractivity contribution in [2.24, 2.45) is 0 Å². The van der Waals surface area contributed by atoms with Crippen molar-refractivity contribution in [3.05, 3.63) is 90.0 Å². The monoisotopic (exact) mass is 405 g/mol. The maximum absolute atomic E-state index is 13.0. The first kappa shape index (κ1) is 18.8. The minimum absolute atomic E-state index is 0.221. The Morgan fingerprint density at radius 1 is 0.710 bits per heavy atom. The van der Waals surface area contributed by atoms with Crippen molar-refractivity contribution in [2.45, 2.75) is 13.8 Å². The van der Waals surface area contributed by atoms with Crippen LogP contribution in [-0.4, -0.2) is 25.8 Å². The van der Waals surface area contributed by atoms with Crippen LogP contribution in [0.2, 0.25) is 0 Å². The van der Waals surface area contributed by atoms with Crippen LogP contribution in [0.1, 0.15) is 21.5 Å². The second-order valence-corrected chi connectivity index (χ2v) is 7.45. The lowest BCUT2D eigenvalue weighted by Crippen LogP contribution is -2.12. The summed E-state index contributed by atoms with van der Waals surface area (Å²) in [5.74, 6) is -0.221. The van der Waals surface area contributed by atoms with Crippen LogP contribution >= 0.6 is 0 Å². The predicted molar refractivity (Wildman–Crippen MR) is 122 cm³/mol. The average Bonchev–Trinajstić information content (AvgIpc) is 2.79. The number of fused-ring (bicyclic) bond motifs is 3. The molecule has 5 rings (SSSR count). The molecule has 150 valence electrons. The summed E-state index contributed by atoms with van der Waals surface area (Å²) in [6.07, 6.45) is 6.83. The molecule has 0 fully saturated rings. The minimum Gasteiger partial charge on any atom is -0.321 e. The van der Waals surface area contributed by atoms with Gasteiger partial charge in [-0.2, -0.15) is 0 Å². The van der Waals surface area contributed by atoms with Gasteiger partial charge in [-0.25, -0.2) is 0 Å². The molecule has 4 aromatic heterocycles. The lowest BCUT2D eigenvalue weighted by Gasteiger charge is -2.11. The van der Waals surface area contributed by atoms with Crippen LogP contribution in [0.3, 0.4) is 0 Å². The largest absolute Gasteiger partial charge is 0.321 e. The Bertz CT molecular complexity index is 1460. The Balaban J connectivity index is 1.52. The number of rotatable bonds is 3. The van der Waals surface area contributed by atoms with E-state index in [4.69, 9.17) is 0 Å². The van der Waals surface area contributed by atoms with Gasteiger partial charge in [-0.1, -0.05) is 6.07 Å². The standard InChI is InChI=1S/C25H19N5O/c1-15-5-9-26-21(13-15)22-14-17(7-11-27-22)25(31)30-20-8-12-29-24-19(20)4-3-18-16(2)6-10-28-23(18)24/h3-14H,1-2H3,(H,29,30,31). The van der Waals surface area contributed by atoms with E-state index in [0.29, 0.717) is 16.9 Å². The van der Waals surface area contributed by atoms with E-state index in [1.807, 2.05) is 44.2 Å². The number of anilines is 1. The van der Waals surface area contributed by atoms with Crippen LogP contribution in [0.4, 0.5) is 5.69 Å². The maximum Gasteiger partial charge on any atom is 0.255 e. The number of carbonyl (C=O) groups excluding carboxylic acids is 1. The van der Waals surface area contributed by atoms with Crippen LogP contribution < -0.4 is 5.32 Å². The molecule has 0 unspecified atom stereocenters. The van der Waals surface area contributed by atoms with Gasteiger partial charge >= 0.3 is 0 Å². The number of aryl methyl sites for hydroxylation is 2. The van der Waals surface area contributed by atoms with Gasteiger partial charge < -0.3 is 5.32 Å². The zero-order valence-electron chi connectivity index (χ0n) is 17.1. The van der Waals surface area contributed by atoms with Crippen LogP contribution in [0.5, 0.6) is 0 Å². The van der Waals surface area contributed by atoms with Gasteiger partial charge in [0.1, 0.15) is 0 Å². The van der Waals surface area contributed by atoms with Gasteiger partial charge in [0.05, 0.1) is 28.1 Å². The molecular weight excluding hydrogens is 386 g/mol. The van der Waals surface area contributed by atoms with E-state index >= 15 is 0 Å². The van der Waals surface area contributed by atoms with Crippen molar-refractivity contribution in [3.63, 3.8) is 0 Å². The molecule has 4 heterocycles. The molecule has 1 N–H and O–H groups in total. The summed E-state index contributed by atoms with van der Waals surface area (Å²) in [7, 11) is 0. The van der Waals surface area contributed by atoms with Gasteiger partial charge in [0.25, 0.3) is 5.91 Å². The summed E-state index contributed by atoms with van der Waals surface area (Å²) in [5.41, 5.74) is 6.39. The summed E-state index contributed by atoms with van der Waals surface area (Å²) in [6.45, 7) is 4.04. The molecule has 31 heavy (non-hydrogen) atoms. The van der Waals surface area contributed by atoms with Gasteiger partial charge in [0, 0.05) is 41.1 Å². The first-order valence-corrected chi connectivity index (χ1v) is 9.93. The minimum atomic E-state index is -0.221. The van der Waals surface area contributed by atoms with Crippen LogP contribution in [0, 0.1) is 13.8 Å². The Morgan fingerprint density at radius 3 is 2.16 bits per heavy atom. The molecule has 0 aliphatic rings. The van der Waals surface area contributed by atoms with Gasteiger partial charge in [0.15, 0.2) is 0 Å². The number of nitrogens with zero attached hydrogens (tertiary/aromatic N) is 4. The van der Waals surface area contributed by atoms with Crippen molar-refractivity contribution < 1.29 is 4.79 Å². The lowest BCUT2D eigenvalue weighted by molar-refractivity contribution is 0.102. The summed E-state index contributed by atoms with van der Waals surface area (Å²) < 4.78 is 0. The Labute approximate surface area is 179 Å². The van der Waals surface area contributed by atoms with Crippen molar-refractivity contribution >= 4 is 33.4 Å². The third-order valence-electron chi connectivity index (χ3n) is 5.29. The van der Waals surface area contributed by atoms with Crippen molar-refractivity contribution in [2.75, 3.05) is 5.32 Å². The van der Waals surface area contributed by atoms with E-state index in [-0.39, 0.29) is 5.91 Å². The molecule has 0 bridgehead atoms. The molecule has 5 aromatic rings. The third-order valence-corrected chi connectivity index (χ3v) is 5.29. The zero-order chi connectivity index (χ0) is 21.4. The average molecular weight is 405 g/mol. The van der Waals surface area contributed by atoms with E-state index in [1.165, 1.54) is 0 Å². The summed E-state index contributed by atoms with van der Waals surface area (Å²) in [5, 5.41) is 4.91. The van der Waals surface area contributed by atoms with E-state index in [2.05, 4.69) is 25.3 Å². The van der Waals surface area contributed by atoms with Crippen LogP contribution in [-0.2, 0) is 0 Å². The number of hydrogen-bond donors (Lipinski definition) is 1. The zero-order valence-corrected chi connectivity index (χ0v) is 17.1. The summed E-state index contributed by atoms with van der Waals surface area (Å²) in [4.78, 5) is 30.8. The van der Waals surface area contributed by atoms with Gasteiger partial charge in [-0.15, -0.1) is 0 Å². The fourth-order valence-corrected chi connectivity index (χ4v) is 3.66. The van der Waals surface area contributed by atoms with Gasteiger partial charge in [-0.3, -0.25) is 24.7 Å². The molecule has 6 nitrogen and oxygen atoms in total. The summed E-state index contributed by atoms with van der Waals surface area (Å²) in [6, 6.07) is 15.1. The fraction of sp³-hybridized carbons (Fsp3) is 0.0800. The number of nitrogens with one attached hydrogen (secondary N) is 1. The highest BCUT2D eigenvalue weighted by atomic mass is 16.1. The van der Waals surface area contributed by atoms with Crippen LogP contribution in [0.15, 0.2) is 73.3 Å². The number of aromatic nitrogens is 4. The van der Waals surface area contributed by atoms with Crippen molar-refractivity contribution in [1.29, 1.82) is 0 Å². The smallest absolute Gasteiger partial charge is 0.255 e. The number of carbonyl (C=O) groups is 1. The molecule has 0 saturated heterocycles. The summed E-state index contributed by atoms with van der Waals surface area (Å²) >= 11 is 0. The van der Waals surface area contributed by atoms with E-state index in [1.54, 1.807) is 43.0 Å². The fourth-order valence-electron chi connectivity index (χ4n) is 3.66. The lowest BCUT2D eigenvalue weighted by atomic mass is 10.1. The molecule has 1 aromatic carbocycles. The second-order valence-electron chi connectivity index (χ2n) is 7.45. The molecule has 0 radical (unpaired) electrons. The predicted octanol–water partition coefficient (Wildman–Crippen LogP) is 5.11. The highest BCUT2D eigenvalue weighted by Gasteiger charge is 2.13. The molecular formula is C25H19N5O. The van der Waals surface area contributed by atoms with E-state index in [9.17, 15) is 4.79 Å².